The highest BCUT2D eigenvalue weighted by Crippen LogP contribution is 2.48. The molecule has 0 bridgehead atoms. The van der Waals surface area contributed by atoms with Gasteiger partial charge in [-0.05, 0) is 48.0 Å². The van der Waals surface area contributed by atoms with Crippen molar-refractivity contribution >= 4 is 46.3 Å². The SMILES string of the molecule is COc1ccc(C2/C(=C(\O)c3cc(Cl)c(OC)c(Cl)c3OC)C(=O)C(=O)N2c2ccc(C#N)cc2)cc1OC. The predicted molar refractivity (Wildman–Crippen MR) is 145 cm³/mol. The number of aliphatic hydroxyl groups is 1. The molecule has 1 atom stereocenters. The van der Waals surface area contributed by atoms with E-state index in [9.17, 15) is 20.0 Å². The number of carbonyl (C=O) groups is 2. The Bertz CT molecular complexity index is 1540. The van der Waals surface area contributed by atoms with Crippen LogP contribution in [-0.2, 0) is 9.59 Å². The van der Waals surface area contributed by atoms with E-state index >= 15 is 0 Å². The van der Waals surface area contributed by atoms with Crippen molar-refractivity contribution in [3.8, 4) is 29.1 Å². The number of aliphatic hydroxyl groups excluding tert-OH is 1. The second-order valence-corrected chi connectivity index (χ2v) is 9.01. The van der Waals surface area contributed by atoms with Gasteiger partial charge in [0.15, 0.2) is 23.0 Å². The highest BCUT2D eigenvalue weighted by Gasteiger charge is 2.47. The van der Waals surface area contributed by atoms with E-state index in [2.05, 4.69) is 0 Å². The lowest BCUT2D eigenvalue weighted by Crippen LogP contribution is -2.29. The largest absolute Gasteiger partial charge is 0.507 e. The maximum atomic E-state index is 13.5. The number of benzene rings is 3. The van der Waals surface area contributed by atoms with Gasteiger partial charge in [-0.1, -0.05) is 29.3 Å². The lowest BCUT2D eigenvalue weighted by Gasteiger charge is -2.26. The molecule has 0 aliphatic carbocycles. The molecular formula is C28H22Cl2N2O7. The molecule has 11 heteroatoms. The molecule has 9 nitrogen and oxygen atoms in total. The van der Waals surface area contributed by atoms with Gasteiger partial charge in [-0.2, -0.15) is 5.26 Å². The predicted octanol–water partition coefficient (Wildman–Crippen LogP) is 5.53. The monoisotopic (exact) mass is 568 g/mol. The van der Waals surface area contributed by atoms with Crippen LogP contribution >= 0.6 is 23.2 Å². The van der Waals surface area contributed by atoms with Crippen LogP contribution < -0.4 is 23.8 Å². The number of carbonyl (C=O) groups excluding carboxylic acids is 2. The van der Waals surface area contributed by atoms with Crippen LogP contribution in [0.4, 0.5) is 5.69 Å². The highest BCUT2D eigenvalue weighted by atomic mass is 35.5. The van der Waals surface area contributed by atoms with Gasteiger partial charge in [-0.15, -0.1) is 0 Å². The fourth-order valence-corrected chi connectivity index (χ4v) is 5.11. The number of ketones is 1. The van der Waals surface area contributed by atoms with Crippen molar-refractivity contribution in [2.24, 2.45) is 0 Å². The molecule has 0 radical (unpaired) electrons. The Morgan fingerprint density at radius 1 is 0.897 bits per heavy atom. The third-order valence-electron chi connectivity index (χ3n) is 6.24. The van der Waals surface area contributed by atoms with E-state index in [1.54, 1.807) is 30.3 Å². The number of nitrogens with zero attached hydrogens (tertiary/aromatic N) is 2. The Labute approximate surface area is 234 Å². The number of hydrogen-bond acceptors (Lipinski definition) is 8. The molecule has 3 aromatic carbocycles. The van der Waals surface area contributed by atoms with Crippen LogP contribution in [0.15, 0.2) is 54.1 Å². The summed E-state index contributed by atoms with van der Waals surface area (Å²) in [6, 6.07) is 13.2. The summed E-state index contributed by atoms with van der Waals surface area (Å²) in [5, 5.41) is 20.8. The number of anilines is 1. The van der Waals surface area contributed by atoms with Gasteiger partial charge in [-0.3, -0.25) is 14.5 Å². The molecule has 39 heavy (non-hydrogen) atoms. The van der Waals surface area contributed by atoms with E-state index in [1.807, 2.05) is 6.07 Å². The van der Waals surface area contributed by atoms with Crippen molar-refractivity contribution in [3.63, 3.8) is 0 Å². The van der Waals surface area contributed by atoms with Gasteiger partial charge >= 0.3 is 0 Å². The van der Waals surface area contributed by atoms with Crippen LogP contribution in [-0.4, -0.2) is 45.2 Å². The Balaban J connectivity index is 2.03. The minimum absolute atomic E-state index is 0.00829. The zero-order chi connectivity index (χ0) is 28.4. The first-order valence-electron chi connectivity index (χ1n) is 11.4. The topological polar surface area (TPSA) is 118 Å². The Morgan fingerprint density at radius 3 is 2.10 bits per heavy atom. The third kappa shape index (κ3) is 4.69. The Kier molecular flexibility index (Phi) is 7.90. The van der Waals surface area contributed by atoms with E-state index in [-0.39, 0.29) is 32.7 Å². The minimum Gasteiger partial charge on any atom is -0.507 e. The quantitative estimate of drug-likeness (QED) is 0.224. The summed E-state index contributed by atoms with van der Waals surface area (Å²) in [6.07, 6.45) is 0. The highest BCUT2D eigenvalue weighted by molar-refractivity contribution is 6.52. The van der Waals surface area contributed by atoms with E-state index in [1.165, 1.54) is 51.5 Å². The molecule has 4 rings (SSSR count). The standard InChI is InChI=1S/C28H22Cl2N2O7/c1-36-19-10-7-15(11-20(19)37-2)23-21(24(33)17-12-18(29)27(39-4)22(30)26(17)38-3)25(34)28(35)32(23)16-8-5-14(13-31)6-9-16/h5-12,23,33H,1-4H3/b24-21+. The fourth-order valence-electron chi connectivity index (χ4n) is 4.43. The maximum absolute atomic E-state index is 13.5. The van der Waals surface area contributed by atoms with Gasteiger partial charge in [0, 0.05) is 5.69 Å². The Morgan fingerprint density at radius 2 is 1.54 bits per heavy atom. The van der Waals surface area contributed by atoms with Crippen molar-refractivity contribution in [2.75, 3.05) is 33.3 Å². The zero-order valence-corrected chi connectivity index (χ0v) is 22.8. The number of nitriles is 1. The minimum atomic E-state index is -1.11. The summed E-state index contributed by atoms with van der Waals surface area (Å²) in [7, 11) is 5.62. The lowest BCUT2D eigenvalue weighted by molar-refractivity contribution is -0.132. The van der Waals surface area contributed by atoms with Gasteiger partial charge in [0.2, 0.25) is 0 Å². The van der Waals surface area contributed by atoms with Gasteiger partial charge in [-0.25, -0.2) is 0 Å². The summed E-state index contributed by atoms with van der Waals surface area (Å²) in [6.45, 7) is 0. The average molecular weight is 569 g/mol. The maximum Gasteiger partial charge on any atom is 0.300 e. The number of methoxy groups -OCH3 is 4. The van der Waals surface area contributed by atoms with Crippen molar-refractivity contribution in [1.82, 2.24) is 0 Å². The van der Waals surface area contributed by atoms with Crippen LogP contribution in [0.3, 0.4) is 0 Å². The second kappa shape index (κ2) is 11.2. The number of ether oxygens (including phenoxy) is 4. The molecule has 1 N–H and O–H groups in total. The van der Waals surface area contributed by atoms with E-state index in [4.69, 9.17) is 42.1 Å². The molecule has 0 saturated carbocycles. The number of hydrogen-bond donors (Lipinski definition) is 1. The first kappa shape index (κ1) is 27.6. The van der Waals surface area contributed by atoms with Crippen LogP contribution in [0.2, 0.25) is 10.0 Å². The lowest BCUT2D eigenvalue weighted by atomic mass is 9.94. The molecule has 1 aliphatic rings. The molecule has 1 amide bonds. The molecule has 1 unspecified atom stereocenters. The van der Waals surface area contributed by atoms with Crippen LogP contribution in [0.1, 0.15) is 22.7 Å². The van der Waals surface area contributed by atoms with Gasteiger partial charge in [0.1, 0.15) is 10.8 Å². The van der Waals surface area contributed by atoms with Gasteiger partial charge < -0.3 is 24.1 Å². The number of rotatable bonds is 7. The van der Waals surface area contributed by atoms with E-state index in [0.717, 1.165) is 0 Å². The Hall–Kier alpha value is -4.39. The van der Waals surface area contributed by atoms with Crippen molar-refractivity contribution < 1.29 is 33.6 Å². The molecule has 200 valence electrons. The van der Waals surface area contributed by atoms with Crippen molar-refractivity contribution in [3.05, 3.63) is 80.8 Å². The van der Waals surface area contributed by atoms with Crippen molar-refractivity contribution in [2.45, 2.75) is 6.04 Å². The summed E-state index contributed by atoms with van der Waals surface area (Å²) >= 11 is 12.8. The van der Waals surface area contributed by atoms with Crippen LogP contribution in [0.5, 0.6) is 23.0 Å². The zero-order valence-electron chi connectivity index (χ0n) is 21.2. The van der Waals surface area contributed by atoms with Crippen LogP contribution in [0, 0.1) is 11.3 Å². The molecule has 1 saturated heterocycles. The van der Waals surface area contributed by atoms with Gasteiger partial charge in [0.25, 0.3) is 11.7 Å². The molecule has 0 spiro atoms. The van der Waals surface area contributed by atoms with Gasteiger partial charge in [0.05, 0.1) is 62.3 Å². The fraction of sp³-hybridized carbons (Fsp3) is 0.179. The molecule has 1 aliphatic heterocycles. The average Bonchev–Trinajstić information content (AvgIpc) is 3.22. The van der Waals surface area contributed by atoms with E-state index < -0.39 is 23.5 Å². The first-order valence-corrected chi connectivity index (χ1v) is 12.1. The third-order valence-corrected chi connectivity index (χ3v) is 6.86. The molecular weight excluding hydrogens is 547 g/mol. The second-order valence-electron chi connectivity index (χ2n) is 8.23. The normalized spacial score (nSPS) is 16.1. The van der Waals surface area contributed by atoms with Crippen molar-refractivity contribution in [1.29, 1.82) is 5.26 Å². The molecule has 3 aromatic rings. The molecule has 1 fully saturated rings. The van der Waals surface area contributed by atoms with Crippen LogP contribution in [0.25, 0.3) is 5.76 Å². The smallest absolute Gasteiger partial charge is 0.300 e. The van der Waals surface area contributed by atoms with E-state index in [0.29, 0.717) is 28.3 Å². The summed E-state index contributed by atoms with van der Waals surface area (Å²) in [5.74, 6) is -1.55. The summed E-state index contributed by atoms with van der Waals surface area (Å²) < 4.78 is 21.4. The molecule has 0 aromatic heterocycles. The first-order chi connectivity index (χ1) is 18.7. The summed E-state index contributed by atoms with van der Waals surface area (Å²) in [5.41, 5.74) is 0.865. The number of Topliss-reactive ketones (excluding diaryl/α,β-unsaturated/α-hetero) is 1. The number of amides is 1. The molecule has 1 heterocycles. The summed E-state index contributed by atoms with van der Waals surface area (Å²) in [4.78, 5) is 28.2. The number of halogens is 2.